The molecule has 0 aromatic heterocycles. The predicted molar refractivity (Wildman–Crippen MR) is 90.8 cm³/mol. The number of carbonyl (C=O) groups excluding carboxylic acids is 2. The summed E-state index contributed by atoms with van der Waals surface area (Å²) in [6.45, 7) is 3.36. The number of hydrogen-bond acceptors (Lipinski definition) is 3. The monoisotopic (exact) mass is 327 g/mol. The number of halogens is 1. The second kappa shape index (κ2) is 8.06. The van der Waals surface area contributed by atoms with Gasteiger partial charge in [0.1, 0.15) is 5.82 Å². The molecule has 2 aromatic carbocycles. The van der Waals surface area contributed by atoms with Crippen molar-refractivity contribution in [2.75, 3.05) is 5.32 Å². The van der Waals surface area contributed by atoms with Crippen molar-refractivity contribution >= 4 is 23.6 Å². The Balaban J connectivity index is 1.91. The van der Waals surface area contributed by atoms with Crippen LogP contribution in [-0.4, -0.2) is 18.0 Å². The fourth-order valence-corrected chi connectivity index (χ4v) is 1.99. The molecule has 0 fully saturated rings. The van der Waals surface area contributed by atoms with Crippen LogP contribution in [-0.2, 0) is 14.3 Å². The first-order valence-electron chi connectivity index (χ1n) is 7.46. The molecule has 5 heteroatoms. The summed E-state index contributed by atoms with van der Waals surface area (Å²) in [4.78, 5) is 23.8. The van der Waals surface area contributed by atoms with Gasteiger partial charge in [0.25, 0.3) is 5.91 Å². The Labute approximate surface area is 140 Å². The maximum Gasteiger partial charge on any atom is 0.331 e. The van der Waals surface area contributed by atoms with Gasteiger partial charge in [-0.15, -0.1) is 0 Å². The molecular formula is C19H18FNO3. The number of benzene rings is 2. The van der Waals surface area contributed by atoms with Gasteiger partial charge >= 0.3 is 5.97 Å². The van der Waals surface area contributed by atoms with Crippen LogP contribution < -0.4 is 5.32 Å². The predicted octanol–water partition coefficient (Wildman–Crippen LogP) is 3.72. The first-order valence-corrected chi connectivity index (χ1v) is 7.46. The maximum atomic E-state index is 13.0. The lowest BCUT2D eigenvalue weighted by Gasteiger charge is -2.13. The normalized spacial score (nSPS) is 12.0. The summed E-state index contributed by atoms with van der Waals surface area (Å²) >= 11 is 0. The molecule has 0 aliphatic rings. The van der Waals surface area contributed by atoms with Gasteiger partial charge in [0.05, 0.1) is 0 Å². The van der Waals surface area contributed by atoms with E-state index in [2.05, 4.69) is 5.32 Å². The van der Waals surface area contributed by atoms with Crippen LogP contribution in [0, 0.1) is 12.7 Å². The molecule has 0 spiro atoms. The first-order chi connectivity index (χ1) is 11.5. The minimum atomic E-state index is -0.950. The van der Waals surface area contributed by atoms with Crippen LogP contribution in [0.4, 0.5) is 10.1 Å². The zero-order valence-electron chi connectivity index (χ0n) is 13.5. The molecule has 0 heterocycles. The minimum Gasteiger partial charge on any atom is -0.449 e. The lowest BCUT2D eigenvalue weighted by atomic mass is 10.2. The van der Waals surface area contributed by atoms with E-state index in [4.69, 9.17) is 4.74 Å². The van der Waals surface area contributed by atoms with Gasteiger partial charge < -0.3 is 10.1 Å². The Morgan fingerprint density at radius 2 is 1.92 bits per heavy atom. The zero-order chi connectivity index (χ0) is 17.5. The van der Waals surface area contributed by atoms with Gasteiger partial charge in [0.15, 0.2) is 6.10 Å². The number of amides is 1. The lowest BCUT2D eigenvalue weighted by Crippen LogP contribution is -2.29. The van der Waals surface area contributed by atoms with E-state index in [9.17, 15) is 14.0 Å². The number of hydrogen-bond donors (Lipinski definition) is 1. The number of anilines is 1. The third-order valence-electron chi connectivity index (χ3n) is 3.33. The molecule has 2 rings (SSSR count). The van der Waals surface area contributed by atoms with Crippen molar-refractivity contribution in [3.05, 3.63) is 71.6 Å². The molecule has 1 atom stereocenters. The summed E-state index contributed by atoms with van der Waals surface area (Å²) in [6, 6.07) is 13.1. The topological polar surface area (TPSA) is 55.4 Å². The van der Waals surface area contributed by atoms with E-state index in [1.807, 2.05) is 19.1 Å². The summed E-state index contributed by atoms with van der Waals surface area (Å²) in [5.74, 6) is -1.49. The van der Waals surface area contributed by atoms with E-state index in [1.165, 1.54) is 25.1 Å². The van der Waals surface area contributed by atoms with Crippen molar-refractivity contribution in [1.29, 1.82) is 0 Å². The van der Waals surface area contributed by atoms with E-state index < -0.39 is 23.8 Å². The highest BCUT2D eigenvalue weighted by atomic mass is 19.1. The van der Waals surface area contributed by atoms with Crippen LogP contribution in [0.15, 0.2) is 54.6 Å². The van der Waals surface area contributed by atoms with Crippen molar-refractivity contribution < 1.29 is 18.7 Å². The molecule has 1 unspecified atom stereocenters. The van der Waals surface area contributed by atoms with Crippen LogP contribution in [0.2, 0.25) is 0 Å². The van der Waals surface area contributed by atoms with Crippen molar-refractivity contribution in [3.63, 3.8) is 0 Å². The molecule has 124 valence electrons. The summed E-state index contributed by atoms with van der Waals surface area (Å²) < 4.78 is 18.1. The standard InChI is InChI=1S/C19H18FNO3/c1-13-6-3-4-9-17(13)21-19(23)14(2)24-18(22)11-10-15-7-5-8-16(20)12-15/h3-12,14H,1-2H3,(H,21,23)/b11-10+. The Bertz CT molecular complexity index is 771. The van der Waals surface area contributed by atoms with Crippen molar-refractivity contribution in [2.24, 2.45) is 0 Å². The van der Waals surface area contributed by atoms with Gasteiger partial charge in [-0.3, -0.25) is 4.79 Å². The number of esters is 1. The second-order valence-electron chi connectivity index (χ2n) is 5.27. The summed E-state index contributed by atoms with van der Waals surface area (Å²) in [5, 5.41) is 2.71. The minimum absolute atomic E-state index is 0.392. The average molecular weight is 327 g/mol. The number of carbonyl (C=O) groups is 2. The molecule has 0 bridgehead atoms. The smallest absolute Gasteiger partial charge is 0.331 e. The molecule has 1 N–H and O–H groups in total. The summed E-state index contributed by atoms with van der Waals surface area (Å²) in [6.07, 6.45) is 1.64. The zero-order valence-corrected chi connectivity index (χ0v) is 13.5. The number of ether oxygens (including phenoxy) is 1. The van der Waals surface area contributed by atoms with Crippen LogP contribution in [0.25, 0.3) is 6.08 Å². The maximum absolute atomic E-state index is 13.0. The highest BCUT2D eigenvalue weighted by molar-refractivity contribution is 5.97. The van der Waals surface area contributed by atoms with Gasteiger partial charge in [0.2, 0.25) is 0 Å². The largest absolute Gasteiger partial charge is 0.449 e. The quantitative estimate of drug-likeness (QED) is 0.673. The van der Waals surface area contributed by atoms with Crippen molar-refractivity contribution in [3.8, 4) is 0 Å². The molecule has 0 saturated carbocycles. The van der Waals surface area contributed by atoms with Gasteiger partial charge in [0, 0.05) is 11.8 Å². The molecule has 0 saturated heterocycles. The van der Waals surface area contributed by atoms with Crippen LogP contribution in [0.1, 0.15) is 18.1 Å². The van der Waals surface area contributed by atoms with Crippen LogP contribution in [0.3, 0.4) is 0 Å². The van der Waals surface area contributed by atoms with E-state index in [0.717, 1.165) is 11.6 Å². The Hall–Kier alpha value is -2.95. The highest BCUT2D eigenvalue weighted by Gasteiger charge is 2.17. The SMILES string of the molecule is Cc1ccccc1NC(=O)C(C)OC(=O)/C=C/c1cccc(F)c1. The van der Waals surface area contributed by atoms with Crippen molar-refractivity contribution in [1.82, 2.24) is 0 Å². The molecule has 0 radical (unpaired) electrons. The third-order valence-corrected chi connectivity index (χ3v) is 3.33. The molecule has 0 aliphatic heterocycles. The fraction of sp³-hybridized carbons (Fsp3) is 0.158. The molecule has 2 aromatic rings. The van der Waals surface area contributed by atoms with Gasteiger partial charge in [-0.25, -0.2) is 9.18 Å². The Kier molecular flexibility index (Phi) is 5.84. The van der Waals surface area contributed by atoms with E-state index in [0.29, 0.717) is 11.3 Å². The number of rotatable bonds is 5. The number of para-hydroxylation sites is 1. The van der Waals surface area contributed by atoms with Gasteiger partial charge in [-0.2, -0.15) is 0 Å². The second-order valence-corrected chi connectivity index (χ2v) is 5.27. The first kappa shape index (κ1) is 17.4. The van der Waals surface area contributed by atoms with Crippen LogP contribution >= 0.6 is 0 Å². The van der Waals surface area contributed by atoms with Gasteiger partial charge in [-0.05, 0) is 49.2 Å². The highest BCUT2D eigenvalue weighted by Crippen LogP contribution is 2.14. The summed E-state index contributed by atoms with van der Waals surface area (Å²) in [5.41, 5.74) is 2.11. The van der Waals surface area contributed by atoms with Crippen molar-refractivity contribution in [2.45, 2.75) is 20.0 Å². The molecule has 24 heavy (non-hydrogen) atoms. The average Bonchev–Trinajstić information content (AvgIpc) is 2.55. The molecule has 1 amide bonds. The van der Waals surface area contributed by atoms with E-state index in [1.54, 1.807) is 24.3 Å². The molecule has 0 aliphatic carbocycles. The fourth-order valence-electron chi connectivity index (χ4n) is 1.99. The number of nitrogens with one attached hydrogen (secondary N) is 1. The Morgan fingerprint density at radius 3 is 2.62 bits per heavy atom. The Morgan fingerprint density at radius 1 is 1.17 bits per heavy atom. The summed E-state index contributed by atoms with van der Waals surface area (Å²) in [7, 11) is 0. The molecular weight excluding hydrogens is 309 g/mol. The molecule has 4 nitrogen and oxygen atoms in total. The van der Waals surface area contributed by atoms with Crippen LogP contribution in [0.5, 0.6) is 0 Å². The third kappa shape index (κ3) is 5.05. The lowest BCUT2D eigenvalue weighted by molar-refractivity contribution is -0.148. The van der Waals surface area contributed by atoms with E-state index in [-0.39, 0.29) is 0 Å². The van der Waals surface area contributed by atoms with E-state index >= 15 is 0 Å². The number of aryl methyl sites for hydroxylation is 1. The van der Waals surface area contributed by atoms with Gasteiger partial charge in [-0.1, -0.05) is 30.3 Å².